The third-order valence-corrected chi connectivity index (χ3v) is 9.71. The van der Waals surface area contributed by atoms with Gasteiger partial charge in [0.25, 0.3) is 0 Å². The second-order valence-corrected chi connectivity index (χ2v) is 12.9. The molecule has 1 fully saturated rings. The molecule has 2 heteroatoms. The van der Waals surface area contributed by atoms with E-state index >= 15 is 0 Å². The van der Waals surface area contributed by atoms with E-state index in [1.54, 1.807) is 5.56 Å². The Bertz CT molecular complexity index is 1170. The second-order valence-electron chi connectivity index (χ2n) is 12.9. The smallest absolute Gasteiger partial charge is 0.0401 e. The van der Waals surface area contributed by atoms with Crippen molar-refractivity contribution in [3.63, 3.8) is 0 Å². The van der Waals surface area contributed by atoms with Crippen LogP contribution < -0.4 is 10.2 Å². The molecule has 1 N–H and O–H groups in total. The van der Waals surface area contributed by atoms with Crippen LogP contribution in [0.3, 0.4) is 0 Å². The van der Waals surface area contributed by atoms with Gasteiger partial charge in [0.05, 0.1) is 0 Å². The minimum atomic E-state index is 0.666. The summed E-state index contributed by atoms with van der Waals surface area (Å²) in [5.74, 6) is 1.43. The van der Waals surface area contributed by atoms with E-state index in [9.17, 15) is 0 Å². The number of unbranched alkanes of at least 4 members (excludes halogenated alkanes) is 3. The SMILES string of the molecule is CCCCCN1CCCc2ccc(CC)cc21.Cc1ccccc1CCCCC(C)c1ccc(C2CCNCC2)cc1. The van der Waals surface area contributed by atoms with Crippen LogP contribution in [-0.2, 0) is 19.3 Å². The number of anilines is 1. The van der Waals surface area contributed by atoms with Gasteiger partial charge in [0.2, 0.25) is 0 Å². The number of nitrogens with one attached hydrogen (secondary N) is 1. The van der Waals surface area contributed by atoms with Crippen LogP contribution in [0, 0.1) is 6.92 Å². The number of hydrogen-bond acceptors (Lipinski definition) is 2. The highest BCUT2D eigenvalue weighted by molar-refractivity contribution is 5.57. The molecule has 5 rings (SSSR count). The fraction of sp³-hybridized carbons (Fsp3) is 0.550. The number of benzene rings is 3. The zero-order valence-electron chi connectivity index (χ0n) is 27.3. The van der Waals surface area contributed by atoms with Crippen LogP contribution in [0.2, 0.25) is 0 Å². The zero-order valence-corrected chi connectivity index (χ0v) is 27.3. The number of piperidine rings is 1. The molecule has 0 bridgehead atoms. The Hall–Kier alpha value is -2.58. The van der Waals surface area contributed by atoms with Gasteiger partial charge >= 0.3 is 0 Å². The molecule has 0 amide bonds. The van der Waals surface area contributed by atoms with E-state index in [4.69, 9.17) is 0 Å². The van der Waals surface area contributed by atoms with Crippen molar-refractivity contribution in [2.24, 2.45) is 0 Å². The first-order valence-electron chi connectivity index (χ1n) is 17.3. The van der Waals surface area contributed by atoms with Gasteiger partial charge in [-0.05, 0) is 129 Å². The Labute approximate surface area is 258 Å². The van der Waals surface area contributed by atoms with Crippen molar-refractivity contribution in [2.45, 2.75) is 117 Å². The van der Waals surface area contributed by atoms with E-state index in [-0.39, 0.29) is 0 Å². The average molecular weight is 567 g/mol. The standard InChI is InChI=1S/C24H33N.C16H25N/c1-19-7-3-5-9-21(19)10-6-4-8-20(2)22-11-13-23(14-12-22)24-15-17-25-18-16-24;1-3-5-6-11-17-12-7-8-15-10-9-14(4-2)13-16(15)17/h3,5,7,9,11-14,20,24-25H,4,6,8,10,15-18H2,1-2H3;9-10,13H,3-8,11-12H2,1-2H3. The van der Waals surface area contributed by atoms with Crippen LogP contribution in [0.15, 0.2) is 66.7 Å². The maximum atomic E-state index is 3.46. The van der Waals surface area contributed by atoms with Crippen LogP contribution in [0.5, 0.6) is 0 Å². The molecule has 228 valence electrons. The normalized spacial score (nSPS) is 16.0. The Balaban J connectivity index is 0.000000208. The van der Waals surface area contributed by atoms with Crippen LogP contribution in [-0.4, -0.2) is 26.2 Å². The molecule has 1 unspecified atom stereocenters. The molecule has 0 radical (unpaired) electrons. The fourth-order valence-corrected chi connectivity index (χ4v) is 6.78. The summed E-state index contributed by atoms with van der Waals surface area (Å²) < 4.78 is 0. The van der Waals surface area contributed by atoms with Gasteiger partial charge in [-0.3, -0.25) is 0 Å². The summed E-state index contributed by atoms with van der Waals surface area (Å²) in [7, 11) is 0. The molecule has 42 heavy (non-hydrogen) atoms. The van der Waals surface area contributed by atoms with Crippen molar-refractivity contribution in [3.05, 3.63) is 100 Å². The largest absolute Gasteiger partial charge is 0.371 e. The molecule has 1 saturated heterocycles. The summed E-state index contributed by atoms with van der Waals surface area (Å²) >= 11 is 0. The molecule has 2 aliphatic heterocycles. The highest BCUT2D eigenvalue weighted by atomic mass is 15.1. The first kappa shape index (κ1) is 32.3. The van der Waals surface area contributed by atoms with Gasteiger partial charge in [-0.25, -0.2) is 0 Å². The number of aryl methyl sites for hydroxylation is 4. The lowest BCUT2D eigenvalue weighted by molar-refractivity contribution is 0.460. The van der Waals surface area contributed by atoms with Crippen molar-refractivity contribution in [1.82, 2.24) is 5.32 Å². The van der Waals surface area contributed by atoms with Crippen molar-refractivity contribution in [3.8, 4) is 0 Å². The van der Waals surface area contributed by atoms with E-state index < -0.39 is 0 Å². The van der Waals surface area contributed by atoms with E-state index in [2.05, 4.69) is 105 Å². The fourth-order valence-electron chi connectivity index (χ4n) is 6.78. The number of rotatable bonds is 12. The molecule has 0 saturated carbocycles. The number of nitrogens with zero attached hydrogens (tertiary/aromatic N) is 1. The number of fused-ring (bicyclic) bond motifs is 1. The van der Waals surface area contributed by atoms with Crippen LogP contribution in [0.25, 0.3) is 0 Å². The molecule has 2 aliphatic rings. The maximum Gasteiger partial charge on any atom is 0.0401 e. The summed E-state index contributed by atoms with van der Waals surface area (Å²) in [5, 5.41) is 3.46. The van der Waals surface area contributed by atoms with Gasteiger partial charge in [0, 0.05) is 18.8 Å². The van der Waals surface area contributed by atoms with Gasteiger partial charge in [-0.15, -0.1) is 0 Å². The van der Waals surface area contributed by atoms with Gasteiger partial charge in [0.1, 0.15) is 0 Å². The third kappa shape index (κ3) is 9.73. The van der Waals surface area contributed by atoms with Gasteiger partial charge in [-0.1, -0.05) is 101 Å². The highest BCUT2D eigenvalue weighted by Crippen LogP contribution is 2.30. The maximum absolute atomic E-state index is 3.46. The molecule has 2 nitrogen and oxygen atoms in total. The Morgan fingerprint density at radius 3 is 2.40 bits per heavy atom. The zero-order chi connectivity index (χ0) is 29.6. The summed E-state index contributed by atoms with van der Waals surface area (Å²) in [4.78, 5) is 2.60. The van der Waals surface area contributed by atoms with Crippen molar-refractivity contribution in [2.75, 3.05) is 31.1 Å². The first-order chi connectivity index (χ1) is 20.6. The van der Waals surface area contributed by atoms with Crippen LogP contribution >= 0.6 is 0 Å². The van der Waals surface area contributed by atoms with E-state index in [0.717, 1.165) is 12.3 Å². The monoisotopic (exact) mass is 566 g/mol. The van der Waals surface area contributed by atoms with Gasteiger partial charge < -0.3 is 10.2 Å². The van der Waals surface area contributed by atoms with E-state index in [0.29, 0.717) is 5.92 Å². The number of hydrogen-bond donors (Lipinski definition) is 1. The van der Waals surface area contributed by atoms with Crippen molar-refractivity contribution in [1.29, 1.82) is 0 Å². The van der Waals surface area contributed by atoms with Crippen molar-refractivity contribution >= 4 is 5.69 Å². The summed E-state index contributed by atoms with van der Waals surface area (Å²) in [5.41, 5.74) is 10.6. The highest BCUT2D eigenvalue weighted by Gasteiger charge is 2.17. The van der Waals surface area contributed by atoms with Crippen molar-refractivity contribution < 1.29 is 0 Å². The summed E-state index contributed by atoms with van der Waals surface area (Å²) in [6, 6.07) is 25.4. The summed E-state index contributed by atoms with van der Waals surface area (Å²) in [6.45, 7) is 14.0. The van der Waals surface area contributed by atoms with Gasteiger partial charge in [0.15, 0.2) is 0 Å². The average Bonchev–Trinajstić information content (AvgIpc) is 3.04. The van der Waals surface area contributed by atoms with E-state index in [1.807, 2.05) is 0 Å². The lowest BCUT2D eigenvalue weighted by atomic mass is 9.87. The third-order valence-electron chi connectivity index (χ3n) is 9.71. The Kier molecular flexibility index (Phi) is 13.5. The molecule has 3 aromatic carbocycles. The predicted molar refractivity (Wildman–Crippen MR) is 184 cm³/mol. The van der Waals surface area contributed by atoms with E-state index in [1.165, 1.54) is 130 Å². The first-order valence-corrected chi connectivity index (χ1v) is 17.3. The van der Waals surface area contributed by atoms with Gasteiger partial charge in [-0.2, -0.15) is 0 Å². The lowest BCUT2D eigenvalue weighted by Gasteiger charge is -2.32. The Morgan fingerprint density at radius 2 is 1.67 bits per heavy atom. The summed E-state index contributed by atoms with van der Waals surface area (Å²) in [6.07, 6.45) is 15.4. The molecule has 1 atom stereocenters. The minimum absolute atomic E-state index is 0.666. The predicted octanol–water partition coefficient (Wildman–Crippen LogP) is 10.2. The molecular weight excluding hydrogens is 508 g/mol. The lowest BCUT2D eigenvalue weighted by Crippen LogP contribution is -2.30. The molecule has 0 aliphatic carbocycles. The quantitative estimate of drug-likeness (QED) is 0.219. The molecule has 0 spiro atoms. The van der Waals surface area contributed by atoms with Crippen LogP contribution in [0.4, 0.5) is 5.69 Å². The molecule has 3 aromatic rings. The molecule has 0 aromatic heterocycles. The second kappa shape index (κ2) is 17.5. The topological polar surface area (TPSA) is 15.3 Å². The molecule has 2 heterocycles. The molecular formula is C40H58N2. The minimum Gasteiger partial charge on any atom is -0.371 e. The Morgan fingerprint density at radius 1 is 0.881 bits per heavy atom. The van der Waals surface area contributed by atoms with Crippen LogP contribution in [0.1, 0.15) is 124 Å².